The summed E-state index contributed by atoms with van der Waals surface area (Å²) in [5, 5.41) is 30.3. The van der Waals surface area contributed by atoms with Crippen molar-refractivity contribution < 1.29 is 19.7 Å². The molecule has 0 bridgehead atoms. The van der Waals surface area contributed by atoms with Crippen LogP contribution < -0.4 is 10.5 Å². The van der Waals surface area contributed by atoms with Crippen molar-refractivity contribution in [3.63, 3.8) is 0 Å². The fourth-order valence-corrected chi connectivity index (χ4v) is 2.04. The molecule has 1 heterocycles. The number of benzene rings is 2. The smallest absolute Gasteiger partial charge is 0.199 e. The fraction of sp³-hybridized carbons (Fsp3) is 0. The maximum atomic E-state index is 12.3. The van der Waals surface area contributed by atoms with Crippen LogP contribution in [0.25, 0.3) is 22.1 Å². The van der Waals surface area contributed by atoms with E-state index in [1.807, 2.05) is 0 Å². The predicted octanol–water partition coefficient (Wildman–Crippen LogP) is 1.94. The van der Waals surface area contributed by atoms with Crippen LogP contribution in [0.5, 0.6) is 17.2 Å². The maximum absolute atomic E-state index is 12.3. The highest BCUT2D eigenvalue weighted by atomic mass is 16.3. The average molecular weight is 269 g/mol. The molecule has 0 aliphatic carbocycles. The fourth-order valence-electron chi connectivity index (χ4n) is 2.04. The first-order valence-corrected chi connectivity index (χ1v) is 5.81. The summed E-state index contributed by atoms with van der Waals surface area (Å²) in [6, 6.07) is 8.18. The van der Waals surface area contributed by atoms with E-state index < -0.39 is 11.2 Å². The summed E-state index contributed by atoms with van der Waals surface area (Å²) < 4.78 is 5.25. The molecule has 0 aliphatic heterocycles. The van der Waals surface area contributed by atoms with E-state index in [4.69, 9.17) is 4.42 Å². The Hall–Kier alpha value is -2.95. The largest absolute Gasteiger partial charge is 0.872 e. The highest BCUT2D eigenvalue weighted by Crippen LogP contribution is 2.28. The third kappa shape index (κ3) is 1.85. The molecule has 3 rings (SSSR count). The van der Waals surface area contributed by atoms with Crippen molar-refractivity contribution in [2.24, 2.45) is 0 Å². The molecular formula is C15H9O5-. The van der Waals surface area contributed by atoms with Crippen LogP contribution in [-0.4, -0.2) is 10.2 Å². The lowest BCUT2D eigenvalue weighted by molar-refractivity contribution is -0.266. The Bertz CT molecular complexity index is 847. The second-order valence-electron chi connectivity index (χ2n) is 4.34. The van der Waals surface area contributed by atoms with E-state index >= 15 is 0 Å². The molecule has 5 heteroatoms. The van der Waals surface area contributed by atoms with Gasteiger partial charge in [0.1, 0.15) is 23.3 Å². The molecule has 5 nitrogen and oxygen atoms in total. The summed E-state index contributed by atoms with van der Waals surface area (Å²) in [5.41, 5.74) is 0.329. The van der Waals surface area contributed by atoms with Gasteiger partial charge in [-0.2, -0.15) is 0 Å². The first-order chi connectivity index (χ1) is 9.56. The molecule has 2 N–H and O–H groups in total. The topological polar surface area (TPSA) is 93.7 Å². The average Bonchev–Trinajstić information content (AvgIpc) is 2.39. The van der Waals surface area contributed by atoms with E-state index in [1.165, 1.54) is 24.5 Å². The molecule has 0 spiro atoms. The summed E-state index contributed by atoms with van der Waals surface area (Å²) in [6.07, 6.45) is 1.23. The SMILES string of the molecule is O=c1c(-c2ccc(O)cc2)coc2cc(O)cc([O-])c12. The zero-order chi connectivity index (χ0) is 14.3. The van der Waals surface area contributed by atoms with Crippen LogP contribution in [-0.2, 0) is 0 Å². The van der Waals surface area contributed by atoms with E-state index in [0.29, 0.717) is 5.56 Å². The molecule has 3 aromatic rings. The quantitative estimate of drug-likeness (QED) is 0.704. The van der Waals surface area contributed by atoms with Crippen LogP contribution >= 0.6 is 0 Å². The number of rotatable bonds is 1. The highest BCUT2D eigenvalue weighted by Gasteiger charge is 2.10. The van der Waals surface area contributed by atoms with E-state index in [1.54, 1.807) is 12.1 Å². The van der Waals surface area contributed by atoms with Crippen molar-refractivity contribution in [2.75, 3.05) is 0 Å². The molecular weight excluding hydrogens is 260 g/mol. The van der Waals surface area contributed by atoms with Gasteiger partial charge in [-0.05, 0) is 23.8 Å². The molecule has 0 saturated carbocycles. The van der Waals surface area contributed by atoms with Gasteiger partial charge in [-0.15, -0.1) is 0 Å². The van der Waals surface area contributed by atoms with Crippen LogP contribution in [0.3, 0.4) is 0 Å². The maximum Gasteiger partial charge on any atom is 0.199 e. The molecule has 0 radical (unpaired) electrons. The molecule has 0 atom stereocenters. The van der Waals surface area contributed by atoms with Gasteiger partial charge in [0, 0.05) is 6.07 Å². The van der Waals surface area contributed by atoms with Gasteiger partial charge in [0.15, 0.2) is 5.43 Å². The Morgan fingerprint density at radius 3 is 2.40 bits per heavy atom. The summed E-state index contributed by atoms with van der Waals surface area (Å²) in [7, 11) is 0. The van der Waals surface area contributed by atoms with Gasteiger partial charge in [0.05, 0.1) is 10.9 Å². The Labute approximate surface area is 113 Å². The molecule has 0 saturated heterocycles. The summed E-state index contributed by atoms with van der Waals surface area (Å²) in [4.78, 5) is 12.3. The Morgan fingerprint density at radius 1 is 1.00 bits per heavy atom. The lowest BCUT2D eigenvalue weighted by Crippen LogP contribution is -2.07. The molecule has 20 heavy (non-hydrogen) atoms. The van der Waals surface area contributed by atoms with E-state index in [0.717, 1.165) is 6.07 Å². The monoisotopic (exact) mass is 269 g/mol. The van der Waals surface area contributed by atoms with Gasteiger partial charge in [-0.25, -0.2) is 0 Å². The normalized spacial score (nSPS) is 10.8. The summed E-state index contributed by atoms with van der Waals surface area (Å²) in [6.45, 7) is 0. The number of fused-ring (bicyclic) bond motifs is 1. The Kier molecular flexibility index (Phi) is 2.61. The van der Waals surface area contributed by atoms with Gasteiger partial charge in [-0.3, -0.25) is 4.79 Å². The van der Waals surface area contributed by atoms with Crippen molar-refractivity contribution in [2.45, 2.75) is 0 Å². The molecule has 1 aromatic heterocycles. The van der Waals surface area contributed by atoms with E-state index in [2.05, 4.69) is 0 Å². The van der Waals surface area contributed by atoms with E-state index in [-0.39, 0.29) is 28.0 Å². The summed E-state index contributed by atoms with van der Waals surface area (Å²) >= 11 is 0. The lowest BCUT2D eigenvalue weighted by Gasteiger charge is -2.10. The third-order valence-electron chi connectivity index (χ3n) is 3.00. The van der Waals surface area contributed by atoms with Crippen molar-refractivity contribution in [3.8, 4) is 28.4 Å². The second kappa shape index (κ2) is 4.31. The van der Waals surface area contributed by atoms with Gasteiger partial charge in [0.2, 0.25) is 0 Å². The standard InChI is InChI=1S/C15H10O5/c16-9-3-1-8(2-4-9)11-7-20-13-6-10(17)5-12(18)14(13)15(11)19/h1-7,16-18H/p-1. The first kappa shape index (κ1) is 12.1. The van der Waals surface area contributed by atoms with Gasteiger partial charge >= 0.3 is 0 Å². The van der Waals surface area contributed by atoms with Crippen LogP contribution in [0.1, 0.15) is 0 Å². The molecule has 0 amide bonds. The first-order valence-electron chi connectivity index (χ1n) is 5.81. The van der Waals surface area contributed by atoms with Crippen molar-refractivity contribution in [3.05, 3.63) is 52.9 Å². The second-order valence-corrected chi connectivity index (χ2v) is 4.34. The predicted molar refractivity (Wildman–Crippen MR) is 70.7 cm³/mol. The van der Waals surface area contributed by atoms with Crippen LogP contribution in [0.4, 0.5) is 0 Å². The Balaban J connectivity index is 2.31. The number of hydrogen-bond acceptors (Lipinski definition) is 5. The summed E-state index contributed by atoms with van der Waals surface area (Å²) in [5.74, 6) is -0.759. The van der Waals surface area contributed by atoms with E-state index in [9.17, 15) is 20.1 Å². The molecule has 0 fully saturated rings. The van der Waals surface area contributed by atoms with Crippen molar-refractivity contribution in [1.29, 1.82) is 0 Å². The van der Waals surface area contributed by atoms with Gasteiger partial charge < -0.3 is 19.7 Å². The van der Waals surface area contributed by atoms with Crippen molar-refractivity contribution >= 4 is 11.0 Å². The molecule has 0 unspecified atom stereocenters. The molecule has 2 aromatic carbocycles. The molecule has 100 valence electrons. The number of aromatic hydroxyl groups is 2. The molecule has 0 aliphatic rings. The highest BCUT2D eigenvalue weighted by molar-refractivity contribution is 5.87. The Morgan fingerprint density at radius 2 is 1.70 bits per heavy atom. The lowest BCUT2D eigenvalue weighted by atomic mass is 10.0. The number of hydrogen-bond donors (Lipinski definition) is 2. The number of phenols is 2. The zero-order valence-corrected chi connectivity index (χ0v) is 10.2. The third-order valence-corrected chi connectivity index (χ3v) is 3.00. The van der Waals surface area contributed by atoms with Crippen molar-refractivity contribution in [1.82, 2.24) is 0 Å². The van der Waals surface area contributed by atoms with Crippen LogP contribution in [0, 0.1) is 0 Å². The minimum atomic E-state index is -0.589. The van der Waals surface area contributed by atoms with Crippen LogP contribution in [0.15, 0.2) is 51.9 Å². The minimum Gasteiger partial charge on any atom is -0.872 e. The van der Waals surface area contributed by atoms with Crippen LogP contribution in [0.2, 0.25) is 0 Å². The zero-order valence-electron chi connectivity index (χ0n) is 10.2. The van der Waals surface area contributed by atoms with Gasteiger partial charge in [0.25, 0.3) is 0 Å². The van der Waals surface area contributed by atoms with Gasteiger partial charge in [-0.1, -0.05) is 17.9 Å². The number of phenolic OH excluding ortho intramolecular Hbond substituents is 2. The minimum absolute atomic E-state index is 0.0440.